The maximum atomic E-state index is 12.3. The van der Waals surface area contributed by atoms with E-state index in [0.717, 1.165) is 30.8 Å². The molecule has 5 nitrogen and oxygen atoms in total. The monoisotopic (exact) mass is 345 g/mol. The molecule has 0 radical (unpaired) electrons. The molecule has 24 heavy (non-hydrogen) atoms. The minimum Gasteiger partial charge on any atom is -0.376 e. The second kappa shape index (κ2) is 8.13. The first kappa shape index (κ1) is 16.7. The second-order valence-electron chi connectivity index (χ2n) is 5.76. The van der Waals surface area contributed by atoms with Gasteiger partial charge in [0.25, 0.3) is 5.91 Å². The lowest BCUT2D eigenvalue weighted by atomic mass is 10.1. The van der Waals surface area contributed by atoms with Gasteiger partial charge in [-0.15, -0.1) is 0 Å². The molecule has 126 valence electrons. The van der Waals surface area contributed by atoms with Gasteiger partial charge < -0.3 is 15.4 Å². The number of nitrogens with zero attached hydrogens (tertiary/aromatic N) is 1. The molecule has 1 saturated heterocycles. The van der Waals surface area contributed by atoms with Gasteiger partial charge in [-0.25, -0.2) is 4.98 Å². The van der Waals surface area contributed by atoms with E-state index in [1.165, 1.54) is 0 Å². The molecule has 1 amide bonds. The highest BCUT2D eigenvalue weighted by Gasteiger charge is 2.16. The Morgan fingerprint density at radius 1 is 1.33 bits per heavy atom. The third-order valence-electron chi connectivity index (χ3n) is 3.90. The molecule has 2 heterocycles. The van der Waals surface area contributed by atoms with Gasteiger partial charge >= 0.3 is 0 Å². The van der Waals surface area contributed by atoms with E-state index in [1.54, 1.807) is 12.3 Å². The van der Waals surface area contributed by atoms with Crippen LogP contribution in [0.3, 0.4) is 0 Å². The Hall–Kier alpha value is -2.11. The number of hydrogen-bond acceptors (Lipinski definition) is 4. The van der Waals surface area contributed by atoms with E-state index in [2.05, 4.69) is 15.6 Å². The van der Waals surface area contributed by atoms with Crippen LogP contribution in [-0.2, 0) is 11.3 Å². The summed E-state index contributed by atoms with van der Waals surface area (Å²) in [7, 11) is 0. The van der Waals surface area contributed by atoms with Crippen LogP contribution in [0.5, 0.6) is 0 Å². The Morgan fingerprint density at radius 3 is 3.00 bits per heavy atom. The maximum Gasteiger partial charge on any atom is 0.251 e. The van der Waals surface area contributed by atoms with Crippen molar-refractivity contribution in [1.82, 2.24) is 10.3 Å². The molecule has 0 spiro atoms. The van der Waals surface area contributed by atoms with Crippen molar-refractivity contribution in [2.45, 2.75) is 25.5 Å². The summed E-state index contributed by atoms with van der Waals surface area (Å²) in [6, 6.07) is 11.2. The van der Waals surface area contributed by atoms with Crippen LogP contribution in [-0.4, -0.2) is 30.1 Å². The van der Waals surface area contributed by atoms with Gasteiger partial charge in [0, 0.05) is 31.5 Å². The van der Waals surface area contributed by atoms with Crippen LogP contribution in [0.4, 0.5) is 5.82 Å². The van der Waals surface area contributed by atoms with Gasteiger partial charge in [0.05, 0.1) is 11.1 Å². The van der Waals surface area contributed by atoms with Crippen molar-refractivity contribution >= 4 is 23.3 Å². The molecule has 1 aliphatic heterocycles. The molecule has 1 aliphatic rings. The number of aromatic nitrogens is 1. The SMILES string of the molecule is O=C(NC[C@H]1CCCO1)c1cccc(CNc2ccc(Cl)cn2)c1. The summed E-state index contributed by atoms with van der Waals surface area (Å²) in [5, 5.41) is 6.75. The normalized spacial score (nSPS) is 16.8. The Balaban J connectivity index is 1.54. The minimum atomic E-state index is -0.0723. The third kappa shape index (κ3) is 4.69. The van der Waals surface area contributed by atoms with Gasteiger partial charge in [0.2, 0.25) is 0 Å². The molecule has 1 aromatic heterocycles. The van der Waals surface area contributed by atoms with E-state index in [9.17, 15) is 4.79 Å². The summed E-state index contributed by atoms with van der Waals surface area (Å²) in [6.07, 6.45) is 3.83. The molecule has 1 aromatic carbocycles. The van der Waals surface area contributed by atoms with E-state index in [1.807, 2.05) is 30.3 Å². The smallest absolute Gasteiger partial charge is 0.251 e. The number of ether oxygens (including phenoxy) is 1. The van der Waals surface area contributed by atoms with E-state index in [-0.39, 0.29) is 12.0 Å². The number of nitrogens with one attached hydrogen (secondary N) is 2. The Bertz CT molecular complexity index is 685. The fourth-order valence-corrected chi connectivity index (χ4v) is 2.72. The number of pyridine rings is 1. The van der Waals surface area contributed by atoms with Gasteiger partial charge in [0.1, 0.15) is 5.82 Å². The largest absolute Gasteiger partial charge is 0.376 e. The highest BCUT2D eigenvalue weighted by atomic mass is 35.5. The summed E-state index contributed by atoms with van der Waals surface area (Å²) in [4.78, 5) is 16.4. The Morgan fingerprint density at radius 2 is 2.25 bits per heavy atom. The van der Waals surface area contributed by atoms with Crippen LogP contribution in [0.1, 0.15) is 28.8 Å². The van der Waals surface area contributed by atoms with Gasteiger partial charge in [-0.1, -0.05) is 23.7 Å². The first-order chi connectivity index (χ1) is 11.7. The molecule has 2 aromatic rings. The predicted octanol–water partition coefficient (Wildman–Crippen LogP) is 3.26. The molecule has 3 rings (SSSR count). The lowest BCUT2D eigenvalue weighted by molar-refractivity contribution is 0.0857. The van der Waals surface area contributed by atoms with E-state index in [0.29, 0.717) is 23.7 Å². The van der Waals surface area contributed by atoms with E-state index in [4.69, 9.17) is 16.3 Å². The third-order valence-corrected chi connectivity index (χ3v) is 4.13. The van der Waals surface area contributed by atoms with Crippen molar-refractivity contribution in [3.8, 4) is 0 Å². The first-order valence-corrected chi connectivity index (χ1v) is 8.43. The van der Waals surface area contributed by atoms with Gasteiger partial charge in [-0.3, -0.25) is 4.79 Å². The van der Waals surface area contributed by atoms with Gasteiger partial charge in [0.15, 0.2) is 0 Å². The van der Waals surface area contributed by atoms with Crippen LogP contribution >= 0.6 is 11.6 Å². The zero-order valence-corrected chi connectivity index (χ0v) is 14.1. The lowest BCUT2D eigenvalue weighted by Crippen LogP contribution is -2.31. The molecule has 6 heteroatoms. The average Bonchev–Trinajstić information content (AvgIpc) is 3.13. The molecule has 1 fully saturated rings. The first-order valence-electron chi connectivity index (χ1n) is 8.05. The van der Waals surface area contributed by atoms with Crippen molar-refractivity contribution in [2.75, 3.05) is 18.5 Å². The lowest BCUT2D eigenvalue weighted by Gasteiger charge is -2.11. The van der Waals surface area contributed by atoms with E-state index < -0.39 is 0 Å². The zero-order valence-electron chi connectivity index (χ0n) is 13.3. The quantitative estimate of drug-likeness (QED) is 0.843. The van der Waals surface area contributed by atoms with Gasteiger partial charge in [-0.2, -0.15) is 0 Å². The maximum absolute atomic E-state index is 12.3. The van der Waals surface area contributed by atoms with Gasteiger partial charge in [-0.05, 0) is 42.7 Å². The van der Waals surface area contributed by atoms with Crippen molar-refractivity contribution in [1.29, 1.82) is 0 Å². The molecule has 0 unspecified atom stereocenters. The number of anilines is 1. The summed E-state index contributed by atoms with van der Waals surface area (Å²) in [5.41, 5.74) is 1.66. The molecule has 1 atom stereocenters. The number of rotatable bonds is 6. The minimum absolute atomic E-state index is 0.0723. The number of halogens is 1. The fraction of sp³-hybridized carbons (Fsp3) is 0.333. The summed E-state index contributed by atoms with van der Waals surface area (Å²) < 4.78 is 5.52. The van der Waals surface area contributed by atoms with Crippen molar-refractivity contribution in [3.05, 3.63) is 58.7 Å². The second-order valence-corrected chi connectivity index (χ2v) is 6.20. The average molecular weight is 346 g/mol. The van der Waals surface area contributed by atoms with Crippen molar-refractivity contribution < 1.29 is 9.53 Å². The summed E-state index contributed by atoms with van der Waals surface area (Å²) in [5.74, 6) is 0.671. The standard InChI is InChI=1S/C18H20ClN3O2/c19-15-6-7-17(21-11-15)20-10-13-3-1-4-14(9-13)18(23)22-12-16-5-2-8-24-16/h1,3-4,6-7,9,11,16H,2,5,8,10,12H2,(H,20,21)(H,22,23)/t16-/m1/s1. The molecule has 0 saturated carbocycles. The summed E-state index contributed by atoms with van der Waals surface area (Å²) >= 11 is 5.82. The van der Waals surface area contributed by atoms with Crippen LogP contribution in [0.25, 0.3) is 0 Å². The number of amides is 1. The number of hydrogen-bond donors (Lipinski definition) is 2. The molecule has 0 aliphatic carbocycles. The number of benzene rings is 1. The van der Waals surface area contributed by atoms with Crippen LogP contribution in [0, 0.1) is 0 Å². The van der Waals surface area contributed by atoms with Crippen LogP contribution in [0.15, 0.2) is 42.6 Å². The van der Waals surface area contributed by atoms with Crippen molar-refractivity contribution in [3.63, 3.8) is 0 Å². The highest BCUT2D eigenvalue weighted by molar-refractivity contribution is 6.30. The fourth-order valence-electron chi connectivity index (χ4n) is 2.61. The Labute approximate surface area is 146 Å². The molecule has 2 N–H and O–H groups in total. The van der Waals surface area contributed by atoms with Crippen LogP contribution < -0.4 is 10.6 Å². The topological polar surface area (TPSA) is 63.2 Å². The molecule has 0 bridgehead atoms. The number of carbonyl (C=O) groups excluding carboxylic acids is 1. The van der Waals surface area contributed by atoms with Crippen LogP contribution in [0.2, 0.25) is 5.02 Å². The summed E-state index contributed by atoms with van der Waals surface area (Å²) in [6.45, 7) is 1.94. The predicted molar refractivity (Wildman–Crippen MR) is 94.3 cm³/mol. The van der Waals surface area contributed by atoms with Crippen molar-refractivity contribution in [2.24, 2.45) is 0 Å². The molecular weight excluding hydrogens is 326 g/mol. The highest BCUT2D eigenvalue weighted by Crippen LogP contribution is 2.13. The Kier molecular flexibility index (Phi) is 5.67. The number of carbonyl (C=O) groups is 1. The molecular formula is C18H20ClN3O2. The zero-order chi connectivity index (χ0) is 16.8. The van der Waals surface area contributed by atoms with E-state index >= 15 is 0 Å².